The molecule has 2 aromatic carbocycles. The topological polar surface area (TPSA) is 63.6 Å². The number of pyridine rings is 1. The fourth-order valence-corrected chi connectivity index (χ4v) is 4.38. The van der Waals surface area contributed by atoms with Crippen LogP contribution in [0.1, 0.15) is 25.5 Å². The summed E-state index contributed by atoms with van der Waals surface area (Å²) in [6, 6.07) is 18.4. The zero-order valence-corrected chi connectivity index (χ0v) is 16.6. The van der Waals surface area contributed by atoms with Gasteiger partial charge in [-0.25, -0.2) is 17.8 Å². The van der Waals surface area contributed by atoms with Gasteiger partial charge in [-0.15, -0.1) is 0 Å². The summed E-state index contributed by atoms with van der Waals surface area (Å²) in [6.07, 6.45) is 1.47. The van der Waals surface area contributed by atoms with Crippen LogP contribution < -0.4 is 14.6 Å². The Kier molecular flexibility index (Phi) is 5.94. The largest absolute Gasteiger partial charge is 0.272 e. The first-order chi connectivity index (χ1) is 13.4. The number of para-hydroxylation sites is 1. The van der Waals surface area contributed by atoms with Crippen LogP contribution in [0.25, 0.3) is 0 Å². The van der Waals surface area contributed by atoms with E-state index in [2.05, 4.69) is 10.3 Å². The number of hydrogen-bond donors (Lipinski definition) is 1. The van der Waals surface area contributed by atoms with E-state index in [0.29, 0.717) is 18.1 Å². The maximum absolute atomic E-state index is 13.1. The number of anilines is 2. The lowest BCUT2D eigenvalue weighted by atomic mass is 10.1. The number of nitrogens with one attached hydrogen (secondary N) is 2. The van der Waals surface area contributed by atoms with E-state index >= 15 is 0 Å². The van der Waals surface area contributed by atoms with Crippen LogP contribution in [0.15, 0.2) is 77.8 Å². The van der Waals surface area contributed by atoms with Gasteiger partial charge in [-0.2, -0.15) is 0 Å². The predicted octanol–water partition coefficient (Wildman–Crippen LogP) is 4.03. The zero-order valence-electron chi connectivity index (χ0n) is 15.8. The molecule has 5 nitrogen and oxygen atoms in total. The summed E-state index contributed by atoms with van der Waals surface area (Å²) in [7, 11) is -3.67. The molecule has 3 aromatic rings. The normalized spacial score (nSPS) is 12.4. The molecule has 0 saturated carbocycles. The molecule has 0 spiro atoms. The maximum Gasteiger partial charge on any atom is 0.272 e. The molecule has 0 saturated heterocycles. The zero-order chi connectivity index (χ0) is 20.1. The van der Waals surface area contributed by atoms with Crippen molar-refractivity contribution >= 4 is 21.5 Å². The Bertz CT molecular complexity index is 1010. The molecule has 0 aliphatic rings. The van der Waals surface area contributed by atoms with Crippen LogP contribution in [0.3, 0.4) is 0 Å². The average Bonchev–Trinajstić information content (AvgIpc) is 2.70. The van der Waals surface area contributed by atoms with Gasteiger partial charge >= 0.3 is 0 Å². The van der Waals surface area contributed by atoms with Gasteiger partial charge in [0, 0.05) is 12.6 Å². The van der Waals surface area contributed by atoms with Crippen LogP contribution in [0.2, 0.25) is 0 Å². The van der Waals surface area contributed by atoms with E-state index in [4.69, 9.17) is 0 Å². The van der Waals surface area contributed by atoms with Gasteiger partial charge < -0.3 is 0 Å². The lowest BCUT2D eigenvalue weighted by molar-refractivity contribution is -0.364. The van der Waals surface area contributed by atoms with E-state index < -0.39 is 10.0 Å². The van der Waals surface area contributed by atoms with Crippen molar-refractivity contribution in [1.82, 2.24) is 0 Å². The van der Waals surface area contributed by atoms with Crippen molar-refractivity contribution in [3.8, 4) is 0 Å². The van der Waals surface area contributed by atoms with Crippen molar-refractivity contribution in [2.24, 2.45) is 0 Å². The van der Waals surface area contributed by atoms with Crippen LogP contribution in [0.4, 0.5) is 15.9 Å². The van der Waals surface area contributed by atoms with Crippen LogP contribution in [-0.4, -0.2) is 15.0 Å². The first-order valence-corrected chi connectivity index (χ1v) is 10.5. The highest BCUT2D eigenvalue weighted by Crippen LogP contribution is 2.23. The van der Waals surface area contributed by atoms with Crippen LogP contribution in [-0.2, 0) is 10.0 Å². The number of hydrogen-bond acceptors (Lipinski definition) is 3. The van der Waals surface area contributed by atoms with Gasteiger partial charge in [-0.3, -0.25) is 9.62 Å². The molecule has 0 unspecified atom stereocenters. The second kappa shape index (κ2) is 8.39. The van der Waals surface area contributed by atoms with Gasteiger partial charge in [0.1, 0.15) is 23.0 Å². The Morgan fingerprint density at radius 3 is 2.29 bits per heavy atom. The Balaban J connectivity index is 1.78. The van der Waals surface area contributed by atoms with E-state index in [1.807, 2.05) is 25.1 Å². The van der Waals surface area contributed by atoms with Gasteiger partial charge in [0.25, 0.3) is 15.8 Å². The Hall–Kier alpha value is -2.93. The predicted molar refractivity (Wildman–Crippen MR) is 108 cm³/mol. The minimum atomic E-state index is -3.67. The summed E-state index contributed by atoms with van der Waals surface area (Å²) in [5.74, 6) is 0.384. The van der Waals surface area contributed by atoms with Crippen LogP contribution >= 0.6 is 0 Å². The van der Waals surface area contributed by atoms with E-state index in [1.165, 1.54) is 22.6 Å². The lowest BCUT2D eigenvalue weighted by Crippen LogP contribution is -2.31. The molecule has 0 aliphatic heterocycles. The van der Waals surface area contributed by atoms with E-state index in [1.54, 1.807) is 43.3 Å². The van der Waals surface area contributed by atoms with Crippen molar-refractivity contribution in [3.63, 3.8) is 0 Å². The number of halogens is 1. The SMILES string of the molecule is CCN(c1ccccc1)S(=O)(=O)c1ccc(N[C@@H](C)c2ccc(F)cc2)[nH+]c1. The van der Waals surface area contributed by atoms with Crippen molar-refractivity contribution in [1.29, 1.82) is 0 Å². The number of H-pyrrole nitrogens is 1. The first kappa shape index (κ1) is 19.8. The molecule has 28 heavy (non-hydrogen) atoms. The van der Waals surface area contributed by atoms with E-state index in [-0.39, 0.29) is 16.8 Å². The Labute approximate surface area is 164 Å². The van der Waals surface area contributed by atoms with Crippen LogP contribution in [0.5, 0.6) is 0 Å². The highest BCUT2D eigenvalue weighted by atomic mass is 32.2. The summed E-state index contributed by atoms with van der Waals surface area (Å²) in [5, 5.41) is 3.24. The van der Waals surface area contributed by atoms with Gasteiger partial charge in [0.2, 0.25) is 0 Å². The van der Waals surface area contributed by atoms with Gasteiger partial charge in [0.05, 0.1) is 5.69 Å². The van der Waals surface area contributed by atoms with Gasteiger partial charge in [-0.05, 0) is 49.7 Å². The maximum atomic E-state index is 13.1. The molecule has 0 bridgehead atoms. The molecule has 1 heterocycles. The summed E-state index contributed by atoms with van der Waals surface area (Å²) in [4.78, 5) is 3.17. The summed E-state index contributed by atoms with van der Waals surface area (Å²) < 4.78 is 40.4. The molecule has 3 rings (SSSR count). The summed E-state index contributed by atoms with van der Waals surface area (Å²) >= 11 is 0. The highest BCUT2D eigenvalue weighted by Gasteiger charge is 2.25. The van der Waals surface area contributed by atoms with Crippen molar-refractivity contribution in [3.05, 3.63) is 84.3 Å². The van der Waals surface area contributed by atoms with Gasteiger partial charge in [-0.1, -0.05) is 30.3 Å². The standard InChI is InChI=1S/C21H22FN3O2S/c1-3-25(19-7-5-4-6-8-19)28(26,27)20-13-14-21(23-15-20)24-16(2)17-9-11-18(22)12-10-17/h4-16H,3H2,1-2H3,(H,23,24)/p+1/t16-/m0/s1. The van der Waals surface area contributed by atoms with Crippen molar-refractivity contribution in [2.45, 2.75) is 24.8 Å². The lowest BCUT2D eigenvalue weighted by Gasteiger charge is -2.22. The third-order valence-electron chi connectivity index (χ3n) is 4.45. The number of aromatic nitrogens is 1. The molecule has 7 heteroatoms. The summed E-state index contributed by atoms with van der Waals surface area (Å²) in [5.41, 5.74) is 1.55. The second-order valence-corrected chi connectivity index (χ2v) is 8.22. The molecule has 146 valence electrons. The van der Waals surface area contributed by atoms with E-state index in [0.717, 1.165) is 5.56 Å². The number of sulfonamides is 1. The number of nitrogens with zero attached hydrogens (tertiary/aromatic N) is 1. The third kappa shape index (κ3) is 4.31. The minimum absolute atomic E-state index is 0.0734. The number of rotatable bonds is 7. The molecule has 1 atom stereocenters. The number of aromatic amines is 1. The van der Waals surface area contributed by atoms with Crippen molar-refractivity contribution < 1.29 is 17.8 Å². The van der Waals surface area contributed by atoms with Crippen molar-refractivity contribution in [2.75, 3.05) is 16.2 Å². The summed E-state index contributed by atoms with van der Waals surface area (Å²) in [6.45, 7) is 4.07. The number of benzene rings is 2. The molecular weight excluding hydrogens is 377 g/mol. The second-order valence-electron chi connectivity index (χ2n) is 6.36. The highest BCUT2D eigenvalue weighted by molar-refractivity contribution is 7.92. The molecule has 0 fully saturated rings. The minimum Gasteiger partial charge on any atom is -0.268 e. The monoisotopic (exact) mass is 400 g/mol. The third-order valence-corrected chi connectivity index (χ3v) is 6.34. The molecular formula is C21H23FN3O2S+. The van der Waals surface area contributed by atoms with Crippen LogP contribution in [0, 0.1) is 5.82 Å². The first-order valence-electron chi connectivity index (χ1n) is 9.03. The van der Waals surface area contributed by atoms with Gasteiger partial charge in [0.15, 0.2) is 0 Å². The van der Waals surface area contributed by atoms with E-state index in [9.17, 15) is 12.8 Å². The molecule has 0 amide bonds. The smallest absolute Gasteiger partial charge is 0.268 e. The Morgan fingerprint density at radius 2 is 1.71 bits per heavy atom. The fraction of sp³-hybridized carbons (Fsp3) is 0.190. The molecule has 0 radical (unpaired) electrons. The quantitative estimate of drug-likeness (QED) is 0.651. The molecule has 0 aliphatic carbocycles. The Morgan fingerprint density at radius 1 is 1.04 bits per heavy atom. The molecule has 2 N–H and O–H groups in total. The molecule has 1 aromatic heterocycles. The average molecular weight is 400 g/mol. The fourth-order valence-electron chi connectivity index (χ4n) is 2.94.